The molecule has 0 spiro atoms. The maximum absolute atomic E-state index is 14.8. The average molecular weight is 704 g/mol. The first-order chi connectivity index (χ1) is 25.4. The quantitative estimate of drug-likeness (QED) is 0.180. The van der Waals surface area contributed by atoms with Crippen LogP contribution in [0.2, 0.25) is 0 Å². The molecule has 4 aliphatic rings. The van der Waals surface area contributed by atoms with Crippen molar-refractivity contribution in [3.63, 3.8) is 0 Å². The van der Waals surface area contributed by atoms with Crippen molar-refractivity contribution in [1.29, 1.82) is 5.26 Å². The lowest BCUT2D eigenvalue weighted by atomic mass is 9.99. The minimum atomic E-state index is -0.414. The second-order valence-electron chi connectivity index (χ2n) is 14.9. The fraction of sp³-hybridized carbons (Fsp3) is 0.463. The van der Waals surface area contributed by atoms with E-state index < -0.39 is 6.09 Å². The Morgan fingerprint density at radius 2 is 1.81 bits per heavy atom. The summed E-state index contributed by atoms with van der Waals surface area (Å²) in [6.45, 7) is 8.59. The van der Waals surface area contributed by atoms with Crippen LogP contribution in [0.15, 0.2) is 60.7 Å². The van der Waals surface area contributed by atoms with Crippen LogP contribution in [0.25, 0.3) is 10.8 Å². The molecular weight excluding hydrogens is 657 g/mol. The molecule has 3 aliphatic heterocycles. The number of nitrogens with zero attached hydrogens (tertiary/aromatic N) is 7. The second-order valence-corrected chi connectivity index (χ2v) is 14.9. The molecule has 270 valence electrons. The van der Waals surface area contributed by atoms with E-state index in [1.54, 1.807) is 4.90 Å². The Hall–Kier alpha value is -4.95. The van der Waals surface area contributed by atoms with Crippen molar-refractivity contribution in [2.24, 2.45) is 5.41 Å². The zero-order valence-electron chi connectivity index (χ0n) is 29.9. The predicted octanol–water partition coefficient (Wildman–Crippen LogP) is 6.64. The number of ether oxygens (including phenoxy) is 2. The van der Waals surface area contributed by atoms with Crippen LogP contribution >= 0.6 is 0 Å². The van der Waals surface area contributed by atoms with Crippen molar-refractivity contribution in [1.82, 2.24) is 19.8 Å². The highest BCUT2D eigenvalue weighted by Crippen LogP contribution is 2.47. The van der Waals surface area contributed by atoms with Crippen LogP contribution in [0.4, 0.5) is 20.7 Å². The van der Waals surface area contributed by atoms with E-state index >= 15 is 0 Å². The van der Waals surface area contributed by atoms with Gasteiger partial charge >= 0.3 is 12.1 Å². The van der Waals surface area contributed by atoms with E-state index in [-0.39, 0.29) is 30.3 Å². The standard InChI is InChI=1S/C41H46FN7O3/c1-29-34(42)13-12-31-10-7-11-36(37(29)31)47-21-15-33-35(25-47)44-39(52-28-41(16-17-41)27-46-19-5-6-20-46)45-38(33)48-22-23-49(32(24-48)14-18-43)40(50)51-26-30-8-3-2-4-9-30/h2-4,7-13,32H,5-6,14-17,19-28H2,1H3/t32-/m0/s1. The van der Waals surface area contributed by atoms with Gasteiger partial charge in [0.2, 0.25) is 0 Å². The van der Waals surface area contributed by atoms with Gasteiger partial charge in [0.25, 0.3) is 0 Å². The van der Waals surface area contributed by atoms with Gasteiger partial charge in [-0.15, -0.1) is 0 Å². The summed E-state index contributed by atoms with van der Waals surface area (Å²) in [6.07, 6.45) is 5.27. The number of carbonyl (C=O) groups excluding carboxylic acids is 1. The first-order valence-electron chi connectivity index (χ1n) is 18.7. The number of carbonyl (C=O) groups is 1. The van der Waals surface area contributed by atoms with Crippen molar-refractivity contribution in [3.05, 3.63) is 88.9 Å². The largest absolute Gasteiger partial charge is 0.463 e. The number of hydrogen-bond donors (Lipinski definition) is 0. The van der Waals surface area contributed by atoms with Gasteiger partial charge in [-0.05, 0) is 80.8 Å². The van der Waals surface area contributed by atoms with Gasteiger partial charge in [-0.2, -0.15) is 15.2 Å². The van der Waals surface area contributed by atoms with Gasteiger partial charge in [-0.1, -0.05) is 48.5 Å². The Morgan fingerprint density at radius 1 is 0.981 bits per heavy atom. The Bertz CT molecular complexity index is 1970. The van der Waals surface area contributed by atoms with Crippen molar-refractivity contribution < 1.29 is 18.7 Å². The number of nitriles is 1. The van der Waals surface area contributed by atoms with E-state index in [0.29, 0.717) is 57.3 Å². The summed E-state index contributed by atoms with van der Waals surface area (Å²) >= 11 is 0. The van der Waals surface area contributed by atoms with Gasteiger partial charge < -0.3 is 29.1 Å². The monoisotopic (exact) mass is 703 g/mol. The van der Waals surface area contributed by atoms with Gasteiger partial charge in [0.15, 0.2) is 0 Å². The number of hydrogen-bond acceptors (Lipinski definition) is 9. The van der Waals surface area contributed by atoms with E-state index in [9.17, 15) is 14.4 Å². The molecule has 0 bridgehead atoms. The van der Waals surface area contributed by atoms with Gasteiger partial charge in [-0.3, -0.25) is 0 Å². The van der Waals surface area contributed by atoms with E-state index in [1.807, 2.05) is 55.5 Å². The summed E-state index contributed by atoms with van der Waals surface area (Å²) in [5, 5.41) is 11.7. The fourth-order valence-corrected chi connectivity index (χ4v) is 8.22. The molecule has 10 nitrogen and oxygen atoms in total. The molecule has 1 atom stereocenters. The lowest BCUT2D eigenvalue weighted by Crippen LogP contribution is -2.55. The Morgan fingerprint density at radius 3 is 2.60 bits per heavy atom. The van der Waals surface area contributed by atoms with Crippen LogP contribution in [0, 0.1) is 29.5 Å². The third-order valence-corrected chi connectivity index (χ3v) is 11.4. The molecule has 3 aromatic carbocycles. The molecule has 0 N–H and O–H groups in total. The molecule has 0 radical (unpaired) electrons. The summed E-state index contributed by atoms with van der Waals surface area (Å²) in [7, 11) is 0. The fourth-order valence-electron chi connectivity index (χ4n) is 8.22. The van der Waals surface area contributed by atoms with Crippen LogP contribution < -0.4 is 14.5 Å². The number of rotatable bonds is 10. The molecule has 0 unspecified atom stereocenters. The highest BCUT2D eigenvalue weighted by molar-refractivity contribution is 5.97. The molecule has 1 saturated carbocycles. The first-order valence-corrected chi connectivity index (χ1v) is 18.7. The zero-order chi connectivity index (χ0) is 35.7. The van der Waals surface area contributed by atoms with Gasteiger partial charge in [0.05, 0.1) is 37.4 Å². The minimum absolute atomic E-state index is 0.143. The number of aromatic nitrogens is 2. The van der Waals surface area contributed by atoms with Crippen molar-refractivity contribution in [2.75, 3.05) is 62.2 Å². The van der Waals surface area contributed by atoms with Gasteiger partial charge in [0.1, 0.15) is 18.2 Å². The molecule has 8 rings (SSSR count). The van der Waals surface area contributed by atoms with E-state index in [2.05, 4.69) is 26.8 Å². The van der Waals surface area contributed by atoms with Gasteiger partial charge in [-0.25, -0.2) is 9.18 Å². The molecule has 1 aromatic heterocycles. The van der Waals surface area contributed by atoms with E-state index in [4.69, 9.17) is 19.4 Å². The smallest absolute Gasteiger partial charge is 0.410 e. The lowest BCUT2D eigenvalue weighted by molar-refractivity contribution is 0.0767. The Labute approximate surface area is 304 Å². The van der Waals surface area contributed by atoms with Crippen LogP contribution in [0.1, 0.15) is 54.5 Å². The van der Waals surface area contributed by atoms with Crippen LogP contribution in [-0.4, -0.2) is 84.3 Å². The van der Waals surface area contributed by atoms with Crippen molar-refractivity contribution in [3.8, 4) is 12.1 Å². The summed E-state index contributed by atoms with van der Waals surface area (Å²) in [6, 6.07) is 21.4. The zero-order valence-corrected chi connectivity index (χ0v) is 29.9. The number of aryl methyl sites for hydroxylation is 1. The minimum Gasteiger partial charge on any atom is -0.463 e. The molecule has 4 aromatic rings. The summed E-state index contributed by atoms with van der Waals surface area (Å²) in [5.41, 5.74) is 4.63. The summed E-state index contributed by atoms with van der Waals surface area (Å²) < 4.78 is 27.0. The highest BCUT2D eigenvalue weighted by atomic mass is 19.1. The number of halogens is 1. The Balaban J connectivity index is 1.07. The molecule has 52 heavy (non-hydrogen) atoms. The number of amides is 1. The van der Waals surface area contributed by atoms with Crippen LogP contribution in [-0.2, 0) is 24.3 Å². The number of likely N-dealkylation sites (tertiary alicyclic amines) is 1. The Kier molecular flexibility index (Phi) is 9.58. The second kappa shape index (κ2) is 14.6. The third-order valence-electron chi connectivity index (χ3n) is 11.4. The predicted molar refractivity (Wildman–Crippen MR) is 198 cm³/mol. The average Bonchev–Trinajstić information content (AvgIpc) is 3.75. The van der Waals surface area contributed by atoms with Gasteiger partial charge in [0, 0.05) is 54.8 Å². The third kappa shape index (κ3) is 7.09. The molecule has 3 fully saturated rings. The van der Waals surface area contributed by atoms with Crippen LogP contribution in [0.5, 0.6) is 6.01 Å². The molecule has 1 aliphatic carbocycles. The summed E-state index contributed by atoms with van der Waals surface area (Å²) in [4.78, 5) is 32.2. The van der Waals surface area contributed by atoms with E-state index in [1.165, 1.54) is 18.9 Å². The number of anilines is 2. The first kappa shape index (κ1) is 34.2. The number of piperazine rings is 1. The number of fused-ring (bicyclic) bond motifs is 2. The number of benzene rings is 3. The normalized spacial score (nSPS) is 19.7. The maximum atomic E-state index is 14.8. The SMILES string of the molecule is Cc1c(F)ccc2cccc(N3CCc4c(nc(OCC5(CN6CCCC6)CC5)nc4N4CCN(C(=O)OCc5ccccc5)[C@@H](CC#N)C4)C3)c12. The molecule has 11 heteroatoms. The molecule has 1 amide bonds. The highest BCUT2D eigenvalue weighted by Gasteiger charge is 2.45. The van der Waals surface area contributed by atoms with Crippen LogP contribution in [0.3, 0.4) is 0 Å². The lowest BCUT2D eigenvalue weighted by Gasteiger charge is -2.42. The van der Waals surface area contributed by atoms with Crippen molar-refractivity contribution in [2.45, 2.75) is 64.6 Å². The topological polar surface area (TPSA) is 98.1 Å². The molecular formula is C41H46FN7O3. The van der Waals surface area contributed by atoms with Crippen molar-refractivity contribution >= 4 is 28.4 Å². The molecule has 2 saturated heterocycles. The molecule has 4 heterocycles. The van der Waals surface area contributed by atoms with E-state index in [0.717, 1.165) is 71.6 Å². The summed E-state index contributed by atoms with van der Waals surface area (Å²) in [5.74, 6) is 0.597. The maximum Gasteiger partial charge on any atom is 0.410 e.